The van der Waals surface area contributed by atoms with Crippen molar-refractivity contribution >= 4 is 17.5 Å². The first kappa shape index (κ1) is 15.2. The van der Waals surface area contributed by atoms with Crippen molar-refractivity contribution in [2.75, 3.05) is 5.32 Å². The van der Waals surface area contributed by atoms with Crippen LogP contribution in [0, 0.1) is 0 Å². The number of hydrogen-bond acceptors (Lipinski definition) is 2. The van der Waals surface area contributed by atoms with Gasteiger partial charge >= 0.3 is 0 Å². The molecule has 5 heteroatoms. The highest BCUT2D eigenvalue weighted by molar-refractivity contribution is 5.90. The topological polar surface area (TPSA) is 78.1 Å². The lowest BCUT2D eigenvalue weighted by Gasteiger charge is -2.04. The Morgan fingerprint density at radius 2 is 1.42 bits per heavy atom. The van der Waals surface area contributed by atoms with E-state index in [9.17, 15) is 14.8 Å². The Kier molecular flexibility index (Phi) is 7.27. The molecule has 19 heavy (non-hydrogen) atoms. The molecule has 1 radical (unpaired) electrons. The summed E-state index contributed by atoms with van der Waals surface area (Å²) in [6, 6.07) is 9.33. The van der Waals surface area contributed by atoms with Gasteiger partial charge in [0, 0.05) is 18.5 Å². The normalized spacial score (nSPS) is 9.95. The van der Waals surface area contributed by atoms with Gasteiger partial charge in [-0.1, -0.05) is 36.2 Å². The van der Waals surface area contributed by atoms with Crippen LogP contribution in [0.4, 0.5) is 5.69 Å². The molecule has 1 aromatic carbocycles. The number of carbonyl (C=O) groups is 2. The van der Waals surface area contributed by atoms with Crippen molar-refractivity contribution in [2.45, 2.75) is 38.5 Å². The third-order valence-corrected chi connectivity index (χ3v) is 2.73. The van der Waals surface area contributed by atoms with Gasteiger partial charge in [0.05, 0.1) is 0 Å². The number of carbonyl (C=O) groups excluding carboxylic acids is 2. The highest BCUT2D eigenvalue weighted by Crippen LogP contribution is 2.09. The van der Waals surface area contributed by atoms with Crippen LogP contribution in [-0.2, 0) is 14.8 Å². The number of para-hydroxylation sites is 1. The Balaban J connectivity index is 2.03. The molecule has 1 aromatic rings. The summed E-state index contributed by atoms with van der Waals surface area (Å²) >= 11 is 0. The number of hydroxylamine groups is 1. The van der Waals surface area contributed by atoms with Gasteiger partial charge in [-0.15, -0.1) is 0 Å². The molecule has 103 valence electrons. The Morgan fingerprint density at radius 1 is 0.842 bits per heavy atom. The maximum Gasteiger partial charge on any atom is 0.246 e. The van der Waals surface area contributed by atoms with Crippen LogP contribution in [0.1, 0.15) is 38.5 Å². The highest BCUT2D eigenvalue weighted by atomic mass is 16.5. The van der Waals surface area contributed by atoms with Gasteiger partial charge in [0.2, 0.25) is 11.8 Å². The predicted molar refractivity (Wildman–Crippen MR) is 71.6 cm³/mol. The van der Waals surface area contributed by atoms with Gasteiger partial charge in [0.25, 0.3) is 0 Å². The van der Waals surface area contributed by atoms with E-state index < -0.39 is 5.91 Å². The highest BCUT2D eigenvalue weighted by Gasteiger charge is 2.02. The first-order chi connectivity index (χ1) is 9.22. The summed E-state index contributed by atoms with van der Waals surface area (Å²) in [5.74, 6) is -0.467. The summed E-state index contributed by atoms with van der Waals surface area (Å²) in [6.45, 7) is 0. The molecule has 0 aliphatic carbocycles. The average Bonchev–Trinajstić information content (AvgIpc) is 2.43. The van der Waals surface area contributed by atoms with Crippen molar-refractivity contribution in [2.24, 2.45) is 0 Å². The second-order valence-electron chi connectivity index (χ2n) is 4.35. The van der Waals surface area contributed by atoms with Crippen LogP contribution in [0.5, 0.6) is 0 Å². The summed E-state index contributed by atoms with van der Waals surface area (Å²) in [7, 11) is 0. The van der Waals surface area contributed by atoms with Crippen molar-refractivity contribution in [1.29, 1.82) is 0 Å². The van der Waals surface area contributed by atoms with Crippen LogP contribution in [0.15, 0.2) is 30.3 Å². The lowest BCUT2D eigenvalue weighted by molar-refractivity contribution is -0.133. The van der Waals surface area contributed by atoms with Gasteiger partial charge in [0.15, 0.2) is 0 Å². The molecular formula is C14H19N2O3. The molecule has 2 amide bonds. The molecule has 0 unspecified atom stereocenters. The number of hydrogen-bond donors (Lipinski definition) is 2. The van der Waals surface area contributed by atoms with Crippen LogP contribution in [0.3, 0.4) is 0 Å². The van der Waals surface area contributed by atoms with Gasteiger partial charge in [-0.2, -0.15) is 0 Å². The maximum absolute atomic E-state index is 11.6. The average molecular weight is 263 g/mol. The summed E-state index contributed by atoms with van der Waals surface area (Å²) in [5.41, 5.74) is 2.15. The zero-order valence-electron chi connectivity index (χ0n) is 10.9. The van der Waals surface area contributed by atoms with Gasteiger partial charge in [-0.3, -0.25) is 9.59 Å². The number of unbranched alkanes of at least 4 members (excludes halogenated alkanes) is 3. The molecule has 2 N–H and O–H groups in total. The van der Waals surface area contributed by atoms with E-state index in [2.05, 4.69) is 5.32 Å². The molecule has 0 aliphatic rings. The van der Waals surface area contributed by atoms with E-state index >= 15 is 0 Å². The molecule has 0 spiro atoms. The second-order valence-corrected chi connectivity index (χ2v) is 4.35. The van der Waals surface area contributed by atoms with Gasteiger partial charge in [-0.05, 0) is 25.0 Å². The quantitative estimate of drug-likeness (QED) is 0.558. The van der Waals surface area contributed by atoms with Crippen molar-refractivity contribution in [3.8, 4) is 0 Å². The molecule has 1 rings (SSSR count). The summed E-state index contributed by atoms with van der Waals surface area (Å²) in [6.07, 6.45) is 3.95. The van der Waals surface area contributed by atoms with Crippen LogP contribution < -0.4 is 10.8 Å². The summed E-state index contributed by atoms with van der Waals surface area (Å²) < 4.78 is 0. The molecule has 5 nitrogen and oxygen atoms in total. The second kappa shape index (κ2) is 9.10. The Bertz CT molecular complexity index is 393. The molecule has 0 bridgehead atoms. The first-order valence-corrected chi connectivity index (χ1v) is 6.48. The molecular weight excluding hydrogens is 244 g/mol. The fourth-order valence-corrected chi connectivity index (χ4v) is 1.72. The Labute approximate surface area is 113 Å². The van der Waals surface area contributed by atoms with E-state index in [1.54, 1.807) is 0 Å². The molecule has 0 aromatic heterocycles. The Morgan fingerprint density at radius 3 is 2.00 bits per heavy atom. The van der Waals surface area contributed by atoms with E-state index in [1.807, 2.05) is 30.3 Å². The number of benzene rings is 1. The molecule has 0 heterocycles. The van der Waals surface area contributed by atoms with Gasteiger partial charge in [-0.25, -0.2) is 5.48 Å². The number of rotatable bonds is 8. The standard InChI is InChI=1S/C14H19N2O3/c17-13(15-12-8-4-3-5-9-12)10-6-1-2-7-11-14(18)16-19/h3-5,8-9H,1-2,6-7,10-11H2,(H,15,17)(H,16,18). The smallest absolute Gasteiger partial charge is 0.246 e. The van der Waals surface area contributed by atoms with Gasteiger partial charge < -0.3 is 5.32 Å². The Hall–Kier alpha value is -1.88. The van der Waals surface area contributed by atoms with Crippen molar-refractivity contribution in [3.63, 3.8) is 0 Å². The van der Waals surface area contributed by atoms with E-state index in [0.717, 1.165) is 24.9 Å². The molecule has 0 saturated carbocycles. The van der Waals surface area contributed by atoms with Crippen molar-refractivity contribution < 1.29 is 14.8 Å². The summed E-state index contributed by atoms with van der Waals surface area (Å²) in [5, 5.41) is 12.8. The van der Waals surface area contributed by atoms with E-state index in [-0.39, 0.29) is 12.3 Å². The van der Waals surface area contributed by atoms with Crippen LogP contribution in [0.2, 0.25) is 0 Å². The third-order valence-electron chi connectivity index (χ3n) is 2.73. The zero-order chi connectivity index (χ0) is 13.9. The third kappa shape index (κ3) is 7.21. The fraction of sp³-hybridized carbons (Fsp3) is 0.429. The van der Waals surface area contributed by atoms with Crippen LogP contribution >= 0.6 is 0 Å². The predicted octanol–water partition coefficient (Wildman–Crippen LogP) is 2.43. The number of anilines is 1. The van der Waals surface area contributed by atoms with E-state index in [0.29, 0.717) is 12.8 Å². The molecule has 0 saturated heterocycles. The minimum atomic E-state index is -0.471. The lowest BCUT2D eigenvalue weighted by Crippen LogP contribution is -2.16. The summed E-state index contributed by atoms with van der Waals surface area (Å²) in [4.78, 5) is 22.3. The van der Waals surface area contributed by atoms with Gasteiger partial charge in [0.1, 0.15) is 0 Å². The van der Waals surface area contributed by atoms with Crippen LogP contribution in [-0.4, -0.2) is 11.8 Å². The van der Waals surface area contributed by atoms with E-state index in [4.69, 9.17) is 0 Å². The monoisotopic (exact) mass is 263 g/mol. The molecule has 0 fully saturated rings. The maximum atomic E-state index is 11.6. The van der Waals surface area contributed by atoms with E-state index in [1.165, 1.54) is 5.48 Å². The SMILES string of the molecule is [O]NC(=O)CCCCCCC(=O)Nc1ccccc1. The van der Waals surface area contributed by atoms with Crippen LogP contribution in [0.25, 0.3) is 0 Å². The first-order valence-electron chi connectivity index (χ1n) is 6.48. The number of amides is 2. The van der Waals surface area contributed by atoms with Crippen molar-refractivity contribution in [1.82, 2.24) is 5.48 Å². The minimum absolute atomic E-state index is 0.00324. The number of nitrogens with one attached hydrogen (secondary N) is 2. The lowest BCUT2D eigenvalue weighted by atomic mass is 10.1. The molecule has 0 atom stereocenters. The molecule has 0 aliphatic heterocycles. The fourth-order valence-electron chi connectivity index (χ4n) is 1.72. The van der Waals surface area contributed by atoms with Crippen molar-refractivity contribution in [3.05, 3.63) is 30.3 Å². The zero-order valence-corrected chi connectivity index (χ0v) is 10.9. The minimum Gasteiger partial charge on any atom is -0.326 e. The largest absolute Gasteiger partial charge is 0.326 e.